The molecule has 0 aliphatic carbocycles. The number of halogens is 5. The van der Waals surface area contributed by atoms with Gasteiger partial charge >= 0.3 is 6.18 Å². The SMILES string of the molecule is CCN1CCN(c2cccc(C(F)(F)F)c2)CC1.Cl.Sc1nnc2ccc(Cl)cn12. The standard InChI is InChI=1S/C13H17F3N2.C6H4ClN3S.ClH/c1-2-17-6-8-18(9-7-17)12-5-3-4-11(10-12)13(14,15)16;7-4-1-2-5-8-9-6(11)10(5)3-4;/h3-5,10H,2,6-9H2,1H3;1-3H,(H,9,11);1H. The Balaban J connectivity index is 0.000000229. The molecule has 0 unspecified atom stereocenters. The highest BCUT2D eigenvalue weighted by Crippen LogP contribution is 2.31. The van der Waals surface area contributed by atoms with Gasteiger partial charge < -0.3 is 9.80 Å². The van der Waals surface area contributed by atoms with Crippen molar-refractivity contribution in [3.05, 3.63) is 53.2 Å². The molecule has 0 bridgehead atoms. The molecule has 2 aromatic heterocycles. The molecule has 0 radical (unpaired) electrons. The average molecular weight is 480 g/mol. The van der Waals surface area contributed by atoms with Crippen LogP contribution in [-0.2, 0) is 6.18 Å². The third-order valence-electron chi connectivity index (χ3n) is 4.71. The maximum Gasteiger partial charge on any atom is 0.416 e. The predicted molar refractivity (Wildman–Crippen MR) is 118 cm³/mol. The van der Waals surface area contributed by atoms with Gasteiger partial charge in [-0.05, 0) is 36.9 Å². The lowest BCUT2D eigenvalue weighted by Gasteiger charge is -2.35. The van der Waals surface area contributed by atoms with E-state index in [9.17, 15) is 13.2 Å². The van der Waals surface area contributed by atoms with E-state index in [0.717, 1.165) is 44.4 Å². The molecule has 1 aliphatic rings. The molecule has 3 heterocycles. The van der Waals surface area contributed by atoms with Crippen LogP contribution in [0.15, 0.2) is 47.8 Å². The lowest BCUT2D eigenvalue weighted by Crippen LogP contribution is -2.46. The number of rotatable bonds is 2. The lowest BCUT2D eigenvalue weighted by molar-refractivity contribution is -0.137. The van der Waals surface area contributed by atoms with Crippen LogP contribution in [0.25, 0.3) is 5.65 Å². The molecule has 1 aliphatic heterocycles. The highest BCUT2D eigenvalue weighted by molar-refractivity contribution is 7.80. The van der Waals surface area contributed by atoms with E-state index in [-0.39, 0.29) is 12.4 Å². The molecule has 5 nitrogen and oxygen atoms in total. The number of pyridine rings is 1. The number of hydrogen-bond acceptors (Lipinski definition) is 5. The van der Waals surface area contributed by atoms with E-state index in [0.29, 0.717) is 15.9 Å². The normalized spacial score (nSPS) is 14.8. The number of benzene rings is 1. The van der Waals surface area contributed by atoms with E-state index in [1.165, 1.54) is 12.1 Å². The maximum absolute atomic E-state index is 12.6. The fourth-order valence-corrected chi connectivity index (χ4v) is 3.42. The lowest BCUT2D eigenvalue weighted by atomic mass is 10.1. The van der Waals surface area contributed by atoms with Crippen molar-refractivity contribution in [2.24, 2.45) is 0 Å². The molecule has 11 heteroatoms. The Bertz CT molecular complexity index is 959. The summed E-state index contributed by atoms with van der Waals surface area (Å²) in [6.07, 6.45) is -2.54. The monoisotopic (exact) mass is 479 g/mol. The minimum absolute atomic E-state index is 0. The smallest absolute Gasteiger partial charge is 0.369 e. The molecular formula is C19H22Cl2F3N5S. The highest BCUT2D eigenvalue weighted by atomic mass is 35.5. The van der Waals surface area contributed by atoms with Crippen LogP contribution in [0.3, 0.4) is 0 Å². The second-order valence-electron chi connectivity index (χ2n) is 6.54. The van der Waals surface area contributed by atoms with Crippen molar-refractivity contribution < 1.29 is 13.2 Å². The molecule has 0 saturated carbocycles. The van der Waals surface area contributed by atoms with Gasteiger partial charge in [0.15, 0.2) is 10.8 Å². The number of thiol groups is 1. The average Bonchev–Trinajstić information content (AvgIpc) is 3.08. The van der Waals surface area contributed by atoms with E-state index in [1.807, 2.05) is 4.90 Å². The second-order valence-corrected chi connectivity index (χ2v) is 7.38. The van der Waals surface area contributed by atoms with Crippen LogP contribution in [0.5, 0.6) is 0 Å². The second kappa shape index (κ2) is 10.6. The van der Waals surface area contributed by atoms with Gasteiger partial charge in [0.05, 0.1) is 10.6 Å². The first-order chi connectivity index (χ1) is 13.8. The fourth-order valence-electron chi connectivity index (χ4n) is 3.05. The summed E-state index contributed by atoms with van der Waals surface area (Å²) in [6.45, 7) is 6.49. The molecule has 0 atom stereocenters. The Morgan fingerprint density at radius 3 is 2.40 bits per heavy atom. The van der Waals surface area contributed by atoms with Gasteiger partial charge in [-0.15, -0.1) is 35.2 Å². The summed E-state index contributed by atoms with van der Waals surface area (Å²) in [5.41, 5.74) is 0.845. The zero-order valence-electron chi connectivity index (χ0n) is 16.2. The molecule has 3 aromatic rings. The van der Waals surface area contributed by atoms with Crippen molar-refractivity contribution in [1.82, 2.24) is 19.5 Å². The first-order valence-electron chi connectivity index (χ1n) is 9.11. The molecular weight excluding hydrogens is 458 g/mol. The quantitative estimate of drug-likeness (QED) is 0.528. The summed E-state index contributed by atoms with van der Waals surface area (Å²) in [5, 5.41) is 8.78. The van der Waals surface area contributed by atoms with E-state index in [1.54, 1.807) is 28.8 Å². The van der Waals surface area contributed by atoms with Crippen LogP contribution in [0, 0.1) is 0 Å². The van der Waals surface area contributed by atoms with Crippen LogP contribution in [-0.4, -0.2) is 52.2 Å². The zero-order chi connectivity index (χ0) is 21.0. The maximum atomic E-state index is 12.6. The number of hydrogen-bond donors (Lipinski definition) is 1. The van der Waals surface area contributed by atoms with E-state index >= 15 is 0 Å². The fraction of sp³-hybridized carbons (Fsp3) is 0.368. The van der Waals surface area contributed by atoms with Crippen molar-refractivity contribution in [3.8, 4) is 0 Å². The van der Waals surface area contributed by atoms with E-state index in [2.05, 4.69) is 34.6 Å². The van der Waals surface area contributed by atoms with Crippen LogP contribution >= 0.6 is 36.6 Å². The van der Waals surface area contributed by atoms with Crippen molar-refractivity contribution >= 4 is 48.0 Å². The summed E-state index contributed by atoms with van der Waals surface area (Å²) in [6, 6.07) is 9.13. The van der Waals surface area contributed by atoms with Gasteiger partial charge in [0.25, 0.3) is 0 Å². The molecule has 0 N–H and O–H groups in total. The Morgan fingerprint density at radius 1 is 1.07 bits per heavy atom. The van der Waals surface area contributed by atoms with Crippen LogP contribution in [0.1, 0.15) is 12.5 Å². The summed E-state index contributed by atoms with van der Waals surface area (Å²) in [7, 11) is 0. The number of piperazine rings is 1. The van der Waals surface area contributed by atoms with Crippen molar-refractivity contribution in [2.45, 2.75) is 18.3 Å². The topological polar surface area (TPSA) is 36.7 Å². The predicted octanol–water partition coefficient (Wildman–Crippen LogP) is 4.94. The molecule has 0 spiro atoms. The molecule has 1 fully saturated rings. The van der Waals surface area contributed by atoms with Gasteiger partial charge in [-0.2, -0.15) is 13.2 Å². The summed E-state index contributed by atoms with van der Waals surface area (Å²) in [4.78, 5) is 4.31. The number of fused-ring (bicyclic) bond motifs is 1. The van der Waals surface area contributed by atoms with Crippen molar-refractivity contribution in [2.75, 3.05) is 37.6 Å². The summed E-state index contributed by atoms with van der Waals surface area (Å²) < 4.78 is 39.6. The van der Waals surface area contributed by atoms with Crippen molar-refractivity contribution in [3.63, 3.8) is 0 Å². The molecule has 1 aromatic carbocycles. The molecule has 164 valence electrons. The molecule has 30 heavy (non-hydrogen) atoms. The number of aromatic nitrogens is 3. The summed E-state index contributed by atoms with van der Waals surface area (Å²) in [5.74, 6) is 0. The van der Waals surface area contributed by atoms with Crippen LogP contribution in [0.2, 0.25) is 5.02 Å². The van der Waals surface area contributed by atoms with Crippen molar-refractivity contribution in [1.29, 1.82) is 0 Å². The Labute approximate surface area is 189 Å². The van der Waals surface area contributed by atoms with Crippen LogP contribution < -0.4 is 4.90 Å². The minimum atomic E-state index is -4.26. The third kappa shape index (κ3) is 6.16. The van der Waals surface area contributed by atoms with Gasteiger partial charge in [-0.3, -0.25) is 4.40 Å². The highest BCUT2D eigenvalue weighted by Gasteiger charge is 2.31. The van der Waals surface area contributed by atoms with E-state index < -0.39 is 11.7 Å². The summed E-state index contributed by atoms with van der Waals surface area (Å²) >= 11 is 9.82. The number of alkyl halides is 3. The number of anilines is 1. The first kappa shape index (κ1) is 24.6. The van der Waals surface area contributed by atoms with Gasteiger partial charge in [0.2, 0.25) is 0 Å². The van der Waals surface area contributed by atoms with Gasteiger partial charge in [0, 0.05) is 38.1 Å². The number of nitrogens with zero attached hydrogens (tertiary/aromatic N) is 5. The largest absolute Gasteiger partial charge is 0.416 e. The third-order valence-corrected chi connectivity index (χ3v) is 5.23. The van der Waals surface area contributed by atoms with Gasteiger partial charge in [-0.25, -0.2) is 0 Å². The van der Waals surface area contributed by atoms with Gasteiger partial charge in [-0.1, -0.05) is 24.6 Å². The number of likely N-dealkylation sites (N-methyl/N-ethyl adjacent to an activating group) is 1. The molecule has 4 rings (SSSR count). The Kier molecular flexibility index (Phi) is 8.66. The minimum Gasteiger partial charge on any atom is -0.369 e. The molecule has 1 saturated heterocycles. The van der Waals surface area contributed by atoms with Gasteiger partial charge in [0.1, 0.15) is 0 Å². The van der Waals surface area contributed by atoms with Crippen LogP contribution in [0.4, 0.5) is 18.9 Å². The molecule has 0 amide bonds. The van der Waals surface area contributed by atoms with E-state index in [4.69, 9.17) is 11.6 Å². The Morgan fingerprint density at radius 2 is 1.77 bits per heavy atom. The zero-order valence-corrected chi connectivity index (χ0v) is 18.6. The Hall–Kier alpha value is -1.68. The first-order valence-corrected chi connectivity index (χ1v) is 9.94.